The maximum atomic E-state index is 12.8. The van der Waals surface area contributed by atoms with Crippen LogP contribution in [0.15, 0.2) is 50.5 Å². The van der Waals surface area contributed by atoms with Crippen LogP contribution in [-0.4, -0.2) is 54.1 Å². The van der Waals surface area contributed by atoms with Gasteiger partial charge in [-0.15, -0.1) is 0 Å². The molecule has 190 valence electrons. The van der Waals surface area contributed by atoms with Gasteiger partial charge in [0.2, 0.25) is 10.0 Å². The molecule has 1 amide bonds. The van der Waals surface area contributed by atoms with Crippen molar-refractivity contribution in [2.45, 2.75) is 32.1 Å². The number of nitrogens with one attached hydrogen (secondary N) is 2. The normalized spacial score (nSPS) is 11.1. The molecule has 0 aliphatic rings. The zero-order chi connectivity index (χ0) is 26.3. The lowest BCUT2D eigenvalue weighted by Crippen LogP contribution is -2.25. The molecule has 0 aliphatic heterocycles. The Morgan fingerprint density at radius 3 is 2.37 bits per heavy atom. The van der Waals surface area contributed by atoms with Crippen LogP contribution in [0.4, 0.5) is 4.79 Å². The molecule has 0 fully saturated rings. The molecular weight excluding hydrogens is 470 g/mol. The molecule has 1 aromatic heterocycles. The third kappa shape index (κ3) is 6.91. The molecule has 10 heteroatoms. The molecule has 2 aromatic carbocycles. The fraction of sp³-hybridized carbons (Fsp3) is 0.360. The highest BCUT2D eigenvalue weighted by molar-refractivity contribution is 7.89. The van der Waals surface area contributed by atoms with Gasteiger partial charge in [-0.2, -0.15) is 0 Å². The van der Waals surface area contributed by atoms with Crippen molar-refractivity contribution in [2.75, 3.05) is 34.7 Å². The number of carbonyl (C=O) groups is 1. The Labute approximate surface area is 206 Å². The maximum Gasteiger partial charge on any atom is 0.414 e. The first-order valence-electron chi connectivity index (χ1n) is 11.1. The monoisotopic (exact) mass is 503 g/mol. The van der Waals surface area contributed by atoms with E-state index < -0.39 is 21.7 Å². The van der Waals surface area contributed by atoms with E-state index in [9.17, 15) is 18.0 Å². The topological polar surface area (TPSA) is 118 Å². The van der Waals surface area contributed by atoms with Crippen molar-refractivity contribution in [3.8, 4) is 5.75 Å². The Morgan fingerprint density at radius 1 is 1.11 bits per heavy atom. The molecule has 1 heterocycles. The summed E-state index contributed by atoms with van der Waals surface area (Å²) in [5.41, 5.74) is 2.34. The molecule has 0 radical (unpaired) electrons. The molecular formula is C25H33N3O6S. The molecule has 0 saturated carbocycles. The molecule has 0 bridgehead atoms. The smallest absolute Gasteiger partial charge is 0.414 e. The van der Waals surface area contributed by atoms with Gasteiger partial charge in [-0.25, -0.2) is 22.7 Å². The average molecular weight is 504 g/mol. The van der Waals surface area contributed by atoms with Crippen molar-refractivity contribution in [2.24, 2.45) is 0 Å². The first-order chi connectivity index (χ1) is 16.4. The van der Waals surface area contributed by atoms with Gasteiger partial charge < -0.3 is 19.4 Å². The number of benzene rings is 2. The van der Waals surface area contributed by atoms with Gasteiger partial charge in [-0.05, 0) is 62.8 Å². The van der Waals surface area contributed by atoms with Crippen LogP contribution < -0.4 is 20.4 Å². The first-order valence-corrected chi connectivity index (χ1v) is 12.6. The van der Waals surface area contributed by atoms with Gasteiger partial charge in [-0.1, -0.05) is 19.1 Å². The minimum atomic E-state index is -3.60. The summed E-state index contributed by atoms with van der Waals surface area (Å²) in [5.74, 6) is 0.313. The average Bonchev–Trinajstić information content (AvgIpc) is 2.78. The fourth-order valence-corrected chi connectivity index (χ4v) is 4.44. The lowest BCUT2D eigenvalue weighted by atomic mass is 9.98. The summed E-state index contributed by atoms with van der Waals surface area (Å²) in [6.45, 7) is 5.61. The zero-order valence-corrected chi connectivity index (χ0v) is 22.0. The quantitative estimate of drug-likeness (QED) is 0.496. The van der Waals surface area contributed by atoms with E-state index in [-0.39, 0.29) is 17.9 Å². The van der Waals surface area contributed by atoms with Gasteiger partial charge in [0.15, 0.2) is 0 Å². The second-order valence-electron chi connectivity index (χ2n) is 8.19. The lowest BCUT2D eigenvalue weighted by molar-refractivity contribution is 0.171. The SMILES string of the molecule is CCNS(=O)(=O)c1cccc(Cc2c(C)c3cc(C)c(OC(=O)N(C)C)cc3oc2=O)c1.CNC. The lowest BCUT2D eigenvalue weighted by Gasteiger charge is -2.14. The number of carbonyl (C=O) groups excluding carboxylic acids is 1. The minimum Gasteiger partial charge on any atom is -0.422 e. The van der Waals surface area contributed by atoms with E-state index in [2.05, 4.69) is 10.0 Å². The molecule has 2 N–H and O–H groups in total. The van der Waals surface area contributed by atoms with Crippen LogP contribution in [0.2, 0.25) is 0 Å². The first kappa shape index (κ1) is 28.0. The van der Waals surface area contributed by atoms with Crippen molar-refractivity contribution in [3.63, 3.8) is 0 Å². The third-order valence-corrected chi connectivity index (χ3v) is 6.61. The van der Waals surface area contributed by atoms with Crippen LogP contribution >= 0.6 is 0 Å². The highest BCUT2D eigenvalue weighted by Crippen LogP contribution is 2.29. The summed E-state index contributed by atoms with van der Waals surface area (Å²) in [7, 11) is 3.30. The molecule has 0 unspecified atom stereocenters. The summed E-state index contributed by atoms with van der Waals surface area (Å²) in [5, 5.41) is 3.47. The van der Waals surface area contributed by atoms with Gasteiger partial charge in [0.1, 0.15) is 11.3 Å². The minimum absolute atomic E-state index is 0.142. The van der Waals surface area contributed by atoms with E-state index in [0.717, 1.165) is 10.9 Å². The van der Waals surface area contributed by atoms with Crippen LogP contribution in [0.5, 0.6) is 5.75 Å². The van der Waals surface area contributed by atoms with Crippen LogP contribution in [0.1, 0.15) is 29.2 Å². The van der Waals surface area contributed by atoms with Crippen LogP contribution in [0.25, 0.3) is 11.0 Å². The number of fused-ring (bicyclic) bond motifs is 1. The summed E-state index contributed by atoms with van der Waals surface area (Å²) < 4.78 is 37.9. The highest BCUT2D eigenvalue weighted by Gasteiger charge is 2.18. The van der Waals surface area contributed by atoms with Crippen molar-refractivity contribution in [1.82, 2.24) is 14.9 Å². The number of sulfonamides is 1. The van der Waals surface area contributed by atoms with E-state index in [4.69, 9.17) is 9.15 Å². The van der Waals surface area contributed by atoms with E-state index in [1.54, 1.807) is 52.2 Å². The molecule has 3 rings (SSSR count). The van der Waals surface area contributed by atoms with Crippen molar-refractivity contribution in [3.05, 3.63) is 69.1 Å². The Hall–Kier alpha value is -3.21. The Bertz CT molecular complexity index is 1360. The number of amides is 1. The van der Waals surface area contributed by atoms with Gasteiger partial charge in [0.25, 0.3) is 0 Å². The predicted octanol–water partition coefficient (Wildman–Crippen LogP) is 3.19. The second-order valence-corrected chi connectivity index (χ2v) is 9.96. The van der Waals surface area contributed by atoms with Crippen molar-refractivity contribution >= 4 is 27.1 Å². The Balaban J connectivity index is 0.00000137. The summed E-state index contributed by atoms with van der Waals surface area (Å²) >= 11 is 0. The zero-order valence-electron chi connectivity index (χ0n) is 21.2. The Morgan fingerprint density at radius 2 is 1.77 bits per heavy atom. The number of aryl methyl sites for hydroxylation is 2. The molecule has 0 atom stereocenters. The van der Waals surface area contributed by atoms with E-state index >= 15 is 0 Å². The third-order valence-electron chi connectivity index (χ3n) is 5.07. The van der Waals surface area contributed by atoms with Gasteiger partial charge in [-0.3, -0.25) is 0 Å². The van der Waals surface area contributed by atoms with Gasteiger partial charge >= 0.3 is 11.7 Å². The number of hydrogen-bond donors (Lipinski definition) is 2. The standard InChI is InChI=1S/C23H26N2O6S.C2H7N/c1-6-24-32(28,29)17-9-7-8-16(11-17)12-19-15(3)18-10-14(2)20(31-23(27)25(4)5)13-21(18)30-22(19)26;1-3-2/h7-11,13,24H,6,12H2,1-5H3;3H,1-2H3. The summed E-state index contributed by atoms with van der Waals surface area (Å²) in [4.78, 5) is 26.1. The largest absolute Gasteiger partial charge is 0.422 e. The van der Waals surface area contributed by atoms with Crippen LogP contribution in [0, 0.1) is 13.8 Å². The molecule has 35 heavy (non-hydrogen) atoms. The highest BCUT2D eigenvalue weighted by atomic mass is 32.2. The van der Waals surface area contributed by atoms with E-state index in [0.29, 0.717) is 28.0 Å². The fourth-order valence-electron chi connectivity index (χ4n) is 3.32. The Kier molecular flexibility index (Phi) is 9.58. The summed E-state index contributed by atoms with van der Waals surface area (Å²) in [6.07, 6.45) is -0.314. The molecule has 0 saturated heterocycles. The number of hydrogen-bond acceptors (Lipinski definition) is 7. The number of nitrogens with zero attached hydrogens (tertiary/aromatic N) is 1. The van der Waals surface area contributed by atoms with E-state index in [1.165, 1.54) is 17.0 Å². The molecule has 0 spiro atoms. The van der Waals surface area contributed by atoms with E-state index in [1.807, 2.05) is 21.0 Å². The van der Waals surface area contributed by atoms with Crippen molar-refractivity contribution in [1.29, 1.82) is 0 Å². The maximum absolute atomic E-state index is 12.8. The second kappa shape index (κ2) is 12.0. The van der Waals surface area contributed by atoms with Crippen molar-refractivity contribution < 1.29 is 22.4 Å². The predicted molar refractivity (Wildman–Crippen MR) is 137 cm³/mol. The molecule has 3 aromatic rings. The molecule has 0 aliphatic carbocycles. The number of rotatable bonds is 6. The molecule has 9 nitrogen and oxygen atoms in total. The van der Waals surface area contributed by atoms with Gasteiger partial charge in [0, 0.05) is 44.1 Å². The van der Waals surface area contributed by atoms with Crippen LogP contribution in [-0.2, 0) is 16.4 Å². The summed E-state index contributed by atoms with van der Waals surface area (Å²) in [6, 6.07) is 9.82. The number of ether oxygens (including phenoxy) is 1. The van der Waals surface area contributed by atoms with Gasteiger partial charge in [0.05, 0.1) is 4.90 Å². The van der Waals surface area contributed by atoms with Crippen LogP contribution in [0.3, 0.4) is 0 Å².